The molecule has 0 aliphatic rings. The van der Waals surface area contributed by atoms with Crippen LogP contribution in [0.1, 0.15) is 41.4 Å². The number of carbonyl (C=O) groups excluding carboxylic acids is 3. The van der Waals surface area contributed by atoms with E-state index in [0.29, 0.717) is 12.4 Å². The number of nitrogens with one attached hydrogen (secondary N) is 2. The van der Waals surface area contributed by atoms with E-state index in [1.54, 1.807) is 19.1 Å². The second-order valence-corrected chi connectivity index (χ2v) is 6.16. The topological polar surface area (TPSA) is 93.7 Å². The Morgan fingerprint density at radius 3 is 2.46 bits per heavy atom. The first-order valence-electron chi connectivity index (χ1n) is 8.89. The van der Waals surface area contributed by atoms with Gasteiger partial charge in [-0.2, -0.15) is 0 Å². The van der Waals surface area contributed by atoms with Gasteiger partial charge in [-0.3, -0.25) is 9.59 Å². The summed E-state index contributed by atoms with van der Waals surface area (Å²) in [7, 11) is 1.24. The van der Waals surface area contributed by atoms with Crippen LogP contribution in [0.15, 0.2) is 42.5 Å². The van der Waals surface area contributed by atoms with Crippen LogP contribution in [0.25, 0.3) is 0 Å². The van der Waals surface area contributed by atoms with E-state index in [4.69, 9.17) is 4.74 Å². The summed E-state index contributed by atoms with van der Waals surface area (Å²) in [6.07, 6.45) is 0. The normalized spacial score (nSPS) is 11.3. The highest BCUT2D eigenvalue weighted by molar-refractivity contribution is 6.40. The number of methoxy groups -OCH3 is 1. The summed E-state index contributed by atoms with van der Waals surface area (Å²) in [5.74, 6) is -1.66. The average Bonchev–Trinajstić information content (AvgIpc) is 2.69. The molecule has 2 aromatic rings. The van der Waals surface area contributed by atoms with Gasteiger partial charge in [0.2, 0.25) is 0 Å². The molecule has 0 spiro atoms. The minimum Gasteiger partial charge on any atom is -0.494 e. The van der Waals surface area contributed by atoms with E-state index in [0.717, 1.165) is 11.1 Å². The highest BCUT2D eigenvalue weighted by atomic mass is 16.5. The number of esters is 1. The number of amides is 2. The van der Waals surface area contributed by atoms with Crippen LogP contribution in [0, 0.1) is 6.92 Å². The van der Waals surface area contributed by atoms with Crippen molar-refractivity contribution < 1.29 is 23.9 Å². The van der Waals surface area contributed by atoms with Crippen LogP contribution in [0.5, 0.6) is 5.75 Å². The molecular formula is C21H24N2O5. The highest BCUT2D eigenvalue weighted by Gasteiger charge is 2.21. The van der Waals surface area contributed by atoms with Gasteiger partial charge in [0.15, 0.2) is 0 Å². The Labute approximate surface area is 164 Å². The van der Waals surface area contributed by atoms with E-state index in [9.17, 15) is 14.4 Å². The standard InChI is InChI=1S/C21H24N2O5/c1-5-28-18-11-10-13(2)12-16(18)14(3)22-19(24)20(25)23-17-9-7-6-8-15(17)21(26)27-4/h6-12,14H,5H2,1-4H3,(H,22,24)(H,23,25). The third kappa shape index (κ3) is 5.09. The van der Waals surface area contributed by atoms with Crippen molar-refractivity contribution in [1.29, 1.82) is 0 Å². The monoisotopic (exact) mass is 384 g/mol. The van der Waals surface area contributed by atoms with Gasteiger partial charge in [-0.25, -0.2) is 4.79 Å². The van der Waals surface area contributed by atoms with E-state index in [-0.39, 0.29) is 11.3 Å². The molecule has 1 unspecified atom stereocenters. The predicted molar refractivity (Wildman–Crippen MR) is 105 cm³/mol. The maximum Gasteiger partial charge on any atom is 0.339 e. The van der Waals surface area contributed by atoms with E-state index < -0.39 is 23.8 Å². The van der Waals surface area contributed by atoms with Gasteiger partial charge in [0, 0.05) is 5.56 Å². The Bertz CT molecular complexity index is 879. The Hall–Kier alpha value is -3.35. The van der Waals surface area contributed by atoms with E-state index in [2.05, 4.69) is 15.4 Å². The maximum absolute atomic E-state index is 12.4. The summed E-state index contributed by atoms with van der Waals surface area (Å²) in [4.78, 5) is 36.5. The number of para-hydroxylation sites is 1. The van der Waals surface area contributed by atoms with Gasteiger partial charge in [0.25, 0.3) is 0 Å². The Balaban J connectivity index is 2.12. The number of aryl methyl sites for hydroxylation is 1. The molecule has 7 nitrogen and oxygen atoms in total. The SMILES string of the molecule is CCOc1ccc(C)cc1C(C)NC(=O)C(=O)Nc1ccccc1C(=O)OC. The highest BCUT2D eigenvalue weighted by Crippen LogP contribution is 2.26. The molecule has 0 fully saturated rings. The molecule has 0 bridgehead atoms. The lowest BCUT2D eigenvalue weighted by molar-refractivity contribution is -0.136. The van der Waals surface area contributed by atoms with E-state index in [1.807, 2.05) is 32.0 Å². The number of benzene rings is 2. The van der Waals surface area contributed by atoms with Gasteiger partial charge in [0.05, 0.1) is 31.0 Å². The molecule has 28 heavy (non-hydrogen) atoms. The molecule has 0 saturated heterocycles. The third-order valence-electron chi connectivity index (χ3n) is 4.07. The second kappa shape index (κ2) is 9.55. The zero-order valence-electron chi connectivity index (χ0n) is 16.4. The predicted octanol–water partition coefficient (Wildman–Crippen LogP) is 3.00. The molecule has 0 saturated carbocycles. The number of ether oxygens (including phenoxy) is 2. The molecule has 148 valence electrons. The maximum atomic E-state index is 12.4. The minimum absolute atomic E-state index is 0.163. The smallest absolute Gasteiger partial charge is 0.339 e. The van der Waals surface area contributed by atoms with E-state index in [1.165, 1.54) is 19.2 Å². The lowest BCUT2D eigenvalue weighted by atomic mass is 10.0. The van der Waals surface area contributed by atoms with Crippen molar-refractivity contribution in [2.45, 2.75) is 26.8 Å². The first kappa shape index (κ1) is 21.0. The van der Waals surface area contributed by atoms with Crippen molar-refractivity contribution in [2.75, 3.05) is 19.0 Å². The fourth-order valence-electron chi connectivity index (χ4n) is 2.69. The zero-order valence-corrected chi connectivity index (χ0v) is 16.4. The van der Waals surface area contributed by atoms with Gasteiger partial charge >= 0.3 is 17.8 Å². The molecule has 1 atom stereocenters. The molecule has 2 rings (SSSR count). The molecule has 0 heterocycles. The minimum atomic E-state index is -0.881. The molecule has 0 aromatic heterocycles. The number of carbonyl (C=O) groups is 3. The summed E-state index contributed by atoms with van der Waals surface area (Å²) in [6, 6.07) is 11.5. The largest absolute Gasteiger partial charge is 0.494 e. The fraction of sp³-hybridized carbons (Fsp3) is 0.286. The number of hydrogen-bond donors (Lipinski definition) is 2. The Morgan fingerprint density at radius 1 is 1.07 bits per heavy atom. The van der Waals surface area contributed by atoms with E-state index >= 15 is 0 Å². The van der Waals surface area contributed by atoms with Crippen molar-refractivity contribution in [3.8, 4) is 5.75 Å². The van der Waals surface area contributed by atoms with Crippen LogP contribution in [0.2, 0.25) is 0 Å². The molecule has 7 heteroatoms. The first-order chi connectivity index (χ1) is 13.4. The van der Waals surface area contributed by atoms with Crippen molar-refractivity contribution in [2.24, 2.45) is 0 Å². The van der Waals surface area contributed by atoms with Crippen LogP contribution in [0.3, 0.4) is 0 Å². The van der Waals surface area contributed by atoms with Crippen LogP contribution in [-0.2, 0) is 14.3 Å². The Morgan fingerprint density at radius 2 is 1.79 bits per heavy atom. The summed E-state index contributed by atoms with van der Waals surface area (Å²) in [5, 5.41) is 5.11. The van der Waals surface area contributed by atoms with Gasteiger partial charge in [0.1, 0.15) is 5.75 Å². The molecule has 2 N–H and O–H groups in total. The lowest BCUT2D eigenvalue weighted by Crippen LogP contribution is -2.37. The molecule has 0 aliphatic carbocycles. The number of hydrogen-bond acceptors (Lipinski definition) is 5. The van der Waals surface area contributed by atoms with Crippen molar-refractivity contribution in [3.05, 3.63) is 59.2 Å². The van der Waals surface area contributed by atoms with Crippen molar-refractivity contribution in [3.63, 3.8) is 0 Å². The first-order valence-corrected chi connectivity index (χ1v) is 8.89. The fourth-order valence-corrected chi connectivity index (χ4v) is 2.69. The van der Waals surface area contributed by atoms with Gasteiger partial charge in [-0.05, 0) is 39.0 Å². The van der Waals surface area contributed by atoms with Gasteiger partial charge < -0.3 is 20.1 Å². The van der Waals surface area contributed by atoms with Crippen LogP contribution in [-0.4, -0.2) is 31.5 Å². The third-order valence-corrected chi connectivity index (χ3v) is 4.07. The molecule has 0 radical (unpaired) electrons. The second-order valence-electron chi connectivity index (χ2n) is 6.16. The van der Waals surface area contributed by atoms with Crippen LogP contribution in [0.4, 0.5) is 5.69 Å². The van der Waals surface area contributed by atoms with Crippen LogP contribution >= 0.6 is 0 Å². The summed E-state index contributed by atoms with van der Waals surface area (Å²) in [6.45, 7) is 6.07. The summed E-state index contributed by atoms with van der Waals surface area (Å²) < 4.78 is 10.3. The number of rotatable bonds is 6. The van der Waals surface area contributed by atoms with Crippen molar-refractivity contribution in [1.82, 2.24) is 5.32 Å². The average molecular weight is 384 g/mol. The molecule has 0 aliphatic heterocycles. The number of anilines is 1. The van der Waals surface area contributed by atoms with Gasteiger partial charge in [-0.1, -0.05) is 29.8 Å². The van der Waals surface area contributed by atoms with Crippen molar-refractivity contribution >= 4 is 23.5 Å². The zero-order chi connectivity index (χ0) is 20.7. The van der Waals surface area contributed by atoms with Gasteiger partial charge in [-0.15, -0.1) is 0 Å². The lowest BCUT2D eigenvalue weighted by Gasteiger charge is -2.18. The Kier molecular flexibility index (Phi) is 7.14. The molecule has 2 aromatic carbocycles. The summed E-state index contributed by atoms with van der Waals surface area (Å²) in [5.41, 5.74) is 2.15. The molecular weight excluding hydrogens is 360 g/mol. The molecule has 2 amide bonds. The summed E-state index contributed by atoms with van der Waals surface area (Å²) >= 11 is 0. The van der Waals surface area contributed by atoms with Crippen LogP contribution < -0.4 is 15.4 Å². The quantitative estimate of drug-likeness (QED) is 0.590.